The largest absolute Gasteiger partial charge is 0.493 e. The van der Waals surface area contributed by atoms with E-state index in [1.54, 1.807) is 24.5 Å². The highest BCUT2D eigenvalue weighted by Gasteiger charge is 2.30. The van der Waals surface area contributed by atoms with Gasteiger partial charge < -0.3 is 4.74 Å². The van der Waals surface area contributed by atoms with E-state index >= 15 is 0 Å². The van der Waals surface area contributed by atoms with Crippen LogP contribution in [0.1, 0.15) is 53.1 Å². The highest BCUT2D eigenvalue weighted by molar-refractivity contribution is 7.97. The van der Waals surface area contributed by atoms with Crippen molar-refractivity contribution in [1.82, 2.24) is 9.62 Å². The van der Waals surface area contributed by atoms with Crippen molar-refractivity contribution in [3.8, 4) is 5.75 Å². The maximum absolute atomic E-state index is 14.6. The fourth-order valence-corrected chi connectivity index (χ4v) is 4.44. The van der Waals surface area contributed by atoms with Crippen molar-refractivity contribution in [2.24, 2.45) is 5.92 Å². The molecule has 0 atom stereocenters. The predicted molar refractivity (Wildman–Crippen MR) is 119 cm³/mol. The number of rotatable bonds is 8. The monoisotopic (exact) mass is 446 g/mol. The summed E-state index contributed by atoms with van der Waals surface area (Å²) in [5.74, 6) is 0.169. The Morgan fingerprint density at radius 1 is 1.16 bits per heavy atom. The molecule has 1 heterocycles. The van der Waals surface area contributed by atoms with Gasteiger partial charge in [0.05, 0.1) is 12.2 Å². The molecule has 31 heavy (non-hydrogen) atoms. The van der Waals surface area contributed by atoms with Gasteiger partial charge in [0.25, 0.3) is 5.91 Å². The van der Waals surface area contributed by atoms with E-state index in [1.807, 2.05) is 6.07 Å². The predicted octanol–water partition coefficient (Wildman–Crippen LogP) is 5.14. The molecular weight excluding hydrogens is 418 g/mol. The molecule has 2 aliphatic rings. The van der Waals surface area contributed by atoms with Crippen molar-refractivity contribution in [1.29, 1.82) is 0 Å². The summed E-state index contributed by atoms with van der Waals surface area (Å²) < 4.78 is 36.6. The molecule has 1 amide bonds. The molecule has 7 heteroatoms. The lowest BCUT2D eigenvalue weighted by Crippen LogP contribution is -2.35. The summed E-state index contributed by atoms with van der Waals surface area (Å²) in [5, 5.41) is 0. The second kappa shape index (κ2) is 10.0. The summed E-state index contributed by atoms with van der Waals surface area (Å²) in [5.41, 5.74) is 2.01. The van der Waals surface area contributed by atoms with Crippen LogP contribution in [0.15, 0.2) is 36.4 Å². The molecule has 0 aromatic heterocycles. The van der Waals surface area contributed by atoms with Gasteiger partial charge in [0.2, 0.25) is 0 Å². The van der Waals surface area contributed by atoms with Crippen LogP contribution in [0.2, 0.25) is 0 Å². The van der Waals surface area contributed by atoms with Gasteiger partial charge in [-0.1, -0.05) is 24.1 Å². The third-order valence-corrected chi connectivity index (χ3v) is 6.42. The number of amides is 1. The molecule has 166 valence electrons. The van der Waals surface area contributed by atoms with Crippen molar-refractivity contribution in [2.75, 3.05) is 26.0 Å². The zero-order chi connectivity index (χ0) is 21.8. The molecule has 0 bridgehead atoms. The molecule has 4 nitrogen and oxygen atoms in total. The van der Waals surface area contributed by atoms with Crippen molar-refractivity contribution in [2.45, 2.75) is 38.1 Å². The van der Waals surface area contributed by atoms with Crippen LogP contribution in [-0.2, 0) is 6.54 Å². The molecule has 2 aromatic carbocycles. The Labute approximate surface area is 186 Å². The average molecular weight is 447 g/mol. The first kappa shape index (κ1) is 22.1. The van der Waals surface area contributed by atoms with Gasteiger partial charge in [-0.15, -0.1) is 0 Å². The van der Waals surface area contributed by atoms with Crippen LogP contribution in [0.5, 0.6) is 5.75 Å². The number of benzene rings is 2. The molecule has 1 aliphatic heterocycles. The lowest BCUT2D eigenvalue weighted by molar-refractivity contribution is 0.0980. The quantitative estimate of drug-likeness (QED) is 0.570. The Hall–Kier alpha value is -2.12. The number of piperidine rings is 1. The maximum atomic E-state index is 14.6. The third-order valence-electron chi connectivity index (χ3n) is 6.03. The number of halogens is 2. The number of ether oxygens (including phenoxy) is 1. The van der Waals surface area contributed by atoms with Crippen LogP contribution in [0.3, 0.4) is 0 Å². The molecule has 1 saturated heterocycles. The summed E-state index contributed by atoms with van der Waals surface area (Å²) in [7, 11) is 0. The topological polar surface area (TPSA) is 41.6 Å². The van der Waals surface area contributed by atoms with E-state index < -0.39 is 11.7 Å². The zero-order valence-corrected chi connectivity index (χ0v) is 18.5. The number of hydrogen-bond donors (Lipinski definition) is 1. The summed E-state index contributed by atoms with van der Waals surface area (Å²) in [4.78, 5) is 14.5. The molecular formula is C24H28F2N2O2S. The normalized spacial score (nSPS) is 17.5. The minimum absolute atomic E-state index is 0.0780. The van der Waals surface area contributed by atoms with E-state index in [2.05, 4.69) is 9.62 Å². The average Bonchev–Trinajstić information content (AvgIpc) is 3.59. The van der Waals surface area contributed by atoms with Crippen LogP contribution in [0.25, 0.3) is 0 Å². The molecule has 0 unspecified atom stereocenters. The fraction of sp³-hybridized carbons (Fsp3) is 0.458. The van der Waals surface area contributed by atoms with Gasteiger partial charge in [-0.3, -0.25) is 14.4 Å². The number of hydrogen-bond acceptors (Lipinski definition) is 4. The Balaban J connectivity index is 1.33. The second-order valence-electron chi connectivity index (χ2n) is 8.44. The molecule has 1 aliphatic carbocycles. The number of likely N-dealkylation sites (tertiary alicyclic amines) is 1. The van der Waals surface area contributed by atoms with Crippen LogP contribution < -0.4 is 9.46 Å². The Morgan fingerprint density at radius 2 is 1.94 bits per heavy atom. The van der Waals surface area contributed by atoms with Crippen molar-refractivity contribution in [3.05, 3.63) is 64.7 Å². The van der Waals surface area contributed by atoms with E-state index in [0.29, 0.717) is 24.2 Å². The first-order chi connectivity index (χ1) is 15.0. The second-order valence-corrected chi connectivity index (χ2v) is 9.05. The molecule has 2 fully saturated rings. The maximum Gasteiger partial charge on any atom is 0.264 e. The van der Waals surface area contributed by atoms with Crippen LogP contribution in [0, 0.1) is 17.6 Å². The van der Waals surface area contributed by atoms with Crippen LogP contribution in [-0.4, -0.2) is 36.8 Å². The Bertz CT molecular complexity index is 928. The molecule has 1 saturated carbocycles. The van der Waals surface area contributed by atoms with Gasteiger partial charge in [-0.25, -0.2) is 8.78 Å². The van der Waals surface area contributed by atoms with E-state index in [-0.39, 0.29) is 11.4 Å². The van der Waals surface area contributed by atoms with Crippen molar-refractivity contribution < 1.29 is 18.3 Å². The lowest BCUT2D eigenvalue weighted by atomic mass is 9.97. The van der Waals surface area contributed by atoms with E-state index in [9.17, 15) is 13.6 Å². The van der Waals surface area contributed by atoms with Gasteiger partial charge >= 0.3 is 0 Å². The summed E-state index contributed by atoms with van der Waals surface area (Å²) in [6.07, 6.45) is 5.81. The molecule has 2 aromatic rings. The smallest absolute Gasteiger partial charge is 0.264 e. The first-order valence-electron chi connectivity index (χ1n) is 10.8. The van der Waals surface area contributed by atoms with Gasteiger partial charge in [0, 0.05) is 18.9 Å². The van der Waals surface area contributed by atoms with E-state index in [1.165, 1.54) is 12.1 Å². The summed E-state index contributed by atoms with van der Waals surface area (Å²) in [6.45, 7) is 3.16. The zero-order valence-electron chi connectivity index (χ0n) is 17.7. The number of nitrogens with zero attached hydrogens (tertiary/aromatic N) is 1. The van der Waals surface area contributed by atoms with Gasteiger partial charge in [-0.05, 0) is 79.9 Å². The molecule has 4 rings (SSSR count). The molecule has 1 N–H and O–H groups in total. The van der Waals surface area contributed by atoms with Crippen LogP contribution >= 0.6 is 11.9 Å². The van der Waals surface area contributed by atoms with Crippen molar-refractivity contribution >= 4 is 17.9 Å². The fourth-order valence-electron chi connectivity index (χ4n) is 4.14. The SMILES string of the molecule is CSNC(=O)c1cc(C2CC2)c(OCC2CCN(Cc3cccc(F)c3)CC2)cc1F. The lowest BCUT2D eigenvalue weighted by Gasteiger charge is -2.32. The molecule has 0 spiro atoms. The number of nitrogens with one attached hydrogen (secondary N) is 1. The Kier molecular flexibility index (Phi) is 7.13. The molecule has 0 radical (unpaired) electrons. The van der Waals surface area contributed by atoms with Gasteiger partial charge in [-0.2, -0.15) is 0 Å². The van der Waals surface area contributed by atoms with Gasteiger partial charge in [0.1, 0.15) is 17.4 Å². The minimum Gasteiger partial charge on any atom is -0.493 e. The Morgan fingerprint density at radius 3 is 2.61 bits per heavy atom. The minimum atomic E-state index is -0.545. The first-order valence-corrected chi connectivity index (χ1v) is 12.0. The standard InChI is InChI=1S/C24H28F2N2O2S/c1-31-27-24(29)21-12-20(18-5-6-18)23(13-22(21)26)30-15-16-7-9-28(10-8-16)14-17-3-2-4-19(25)11-17/h2-4,11-13,16,18H,5-10,14-15H2,1H3,(H,27,29). The number of carbonyl (C=O) groups is 1. The third kappa shape index (κ3) is 5.77. The van der Waals surface area contributed by atoms with E-state index in [0.717, 1.165) is 68.4 Å². The summed E-state index contributed by atoms with van der Waals surface area (Å²) in [6, 6.07) is 9.80. The summed E-state index contributed by atoms with van der Waals surface area (Å²) >= 11 is 1.16. The number of carbonyl (C=O) groups excluding carboxylic acids is 1. The van der Waals surface area contributed by atoms with Crippen LogP contribution in [0.4, 0.5) is 8.78 Å². The van der Waals surface area contributed by atoms with Gasteiger partial charge in [0.15, 0.2) is 0 Å². The van der Waals surface area contributed by atoms with Crippen molar-refractivity contribution in [3.63, 3.8) is 0 Å². The highest BCUT2D eigenvalue weighted by Crippen LogP contribution is 2.45. The van der Waals surface area contributed by atoms with E-state index in [4.69, 9.17) is 4.74 Å². The highest BCUT2D eigenvalue weighted by atomic mass is 32.2.